The summed E-state index contributed by atoms with van der Waals surface area (Å²) in [5, 5.41) is 5.96. The van der Waals surface area contributed by atoms with E-state index in [0.717, 1.165) is 23.0 Å². The molecule has 0 aliphatic carbocycles. The lowest BCUT2D eigenvalue weighted by molar-refractivity contribution is 0.00892. The molecule has 0 spiro atoms. The Bertz CT molecular complexity index is 259. The Labute approximate surface area is 80.5 Å². The first-order valence-electron chi connectivity index (χ1n) is 3.90. The molecule has 1 N–H and O–H groups in total. The Morgan fingerprint density at radius 2 is 2.50 bits per heavy atom. The fraction of sp³-hybridized carbons (Fsp3) is 0.500. The van der Waals surface area contributed by atoms with E-state index in [0.29, 0.717) is 12.7 Å². The van der Waals surface area contributed by atoms with Gasteiger partial charge in [0, 0.05) is 18.0 Å². The Kier molecular flexibility index (Phi) is 2.66. The lowest BCUT2D eigenvalue weighted by Gasteiger charge is -2.26. The third-order valence-corrected chi connectivity index (χ3v) is 3.25. The van der Waals surface area contributed by atoms with Crippen LogP contribution in [0.1, 0.15) is 4.88 Å². The molecular weight excluding hydrogens is 194 g/mol. The molecule has 0 atom stereocenters. The Balaban J connectivity index is 1.82. The van der Waals surface area contributed by atoms with Crippen LogP contribution in [-0.2, 0) is 11.3 Å². The molecule has 0 unspecified atom stereocenters. The number of halogens is 1. The minimum atomic E-state index is 0.392. The highest BCUT2D eigenvalue weighted by Crippen LogP contribution is 2.23. The summed E-state index contributed by atoms with van der Waals surface area (Å²) in [5.74, 6) is 0. The highest BCUT2D eigenvalue weighted by molar-refractivity contribution is 7.10. The van der Waals surface area contributed by atoms with Gasteiger partial charge in [-0.15, -0.1) is 11.3 Å². The summed E-state index contributed by atoms with van der Waals surface area (Å²) in [5.41, 5.74) is 0. The van der Waals surface area contributed by atoms with Gasteiger partial charge in [-0.25, -0.2) is 0 Å². The van der Waals surface area contributed by atoms with Crippen molar-refractivity contribution in [3.63, 3.8) is 0 Å². The van der Waals surface area contributed by atoms with Crippen LogP contribution in [0.2, 0.25) is 5.02 Å². The minimum Gasteiger partial charge on any atom is -0.370 e. The summed E-state index contributed by atoms with van der Waals surface area (Å²) in [6.07, 6.45) is 0.392. The first-order chi connectivity index (χ1) is 5.86. The molecule has 1 aliphatic heterocycles. The predicted molar refractivity (Wildman–Crippen MR) is 50.8 cm³/mol. The van der Waals surface area contributed by atoms with Crippen molar-refractivity contribution < 1.29 is 4.74 Å². The highest BCUT2D eigenvalue weighted by atomic mass is 35.5. The first kappa shape index (κ1) is 8.51. The van der Waals surface area contributed by atoms with Crippen molar-refractivity contribution in [3.05, 3.63) is 21.3 Å². The van der Waals surface area contributed by atoms with Crippen LogP contribution in [0.25, 0.3) is 0 Å². The van der Waals surface area contributed by atoms with E-state index in [1.165, 1.54) is 0 Å². The third-order valence-electron chi connectivity index (χ3n) is 1.89. The summed E-state index contributed by atoms with van der Waals surface area (Å²) >= 11 is 7.55. The molecule has 0 radical (unpaired) electrons. The molecule has 1 fully saturated rings. The fourth-order valence-electron chi connectivity index (χ4n) is 1.00. The lowest BCUT2D eigenvalue weighted by Crippen LogP contribution is -2.48. The standard InChI is InChI=1S/C8H10ClNOS/c9-7-1-2-12-8(7)5-11-6-3-10-4-6/h1-2,6,10H,3-5H2. The number of nitrogens with one attached hydrogen (secondary N) is 1. The maximum atomic E-state index is 5.90. The predicted octanol–water partition coefficient (Wildman–Crippen LogP) is 1.89. The van der Waals surface area contributed by atoms with Gasteiger partial charge in [0.15, 0.2) is 0 Å². The summed E-state index contributed by atoms with van der Waals surface area (Å²) in [6.45, 7) is 2.61. The molecule has 1 aliphatic rings. The van der Waals surface area contributed by atoms with E-state index in [-0.39, 0.29) is 0 Å². The first-order valence-corrected chi connectivity index (χ1v) is 5.16. The van der Waals surface area contributed by atoms with Gasteiger partial charge in [0.1, 0.15) is 0 Å². The zero-order chi connectivity index (χ0) is 8.39. The van der Waals surface area contributed by atoms with Crippen molar-refractivity contribution in [3.8, 4) is 0 Å². The van der Waals surface area contributed by atoms with Crippen LogP contribution in [0.15, 0.2) is 11.4 Å². The van der Waals surface area contributed by atoms with Crippen molar-refractivity contribution in [1.29, 1.82) is 0 Å². The van der Waals surface area contributed by atoms with Crippen LogP contribution in [0.5, 0.6) is 0 Å². The SMILES string of the molecule is Clc1ccsc1COC1CNC1. The van der Waals surface area contributed by atoms with Gasteiger partial charge in [-0.3, -0.25) is 0 Å². The fourth-order valence-corrected chi connectivity index (χ4v) is 2.01. The van der Waals surface area contributed by atoms with Gasteiger partial charge < -0.3 is 10.1 Å². The summed E-state index contributed by atoms with van der Waals surface area (Å²) < 4.78 is 5.57. The van der Waals surface area contributed by atoms with Crippen molar-refractivity contribution in [1.82, 2.24) is 5.32 Å². The van der Waals surface area contributed by atoms with Crippen molar-refractivity contribution in [2.45, 2.75) is 12.7 Å². The van der Waals surface area contributed by atoms with Gasteiger partial charge in [-0.1, -0.05) is 11.6 Å². The molecule has 0 bridgehead atoms. The van der Waals surface area contributed by atoms with E-state index in [1.807, 2.05) is 11.4 Å². The summed E-state index contributed by atoms with van der Waals surface area (Å²) in [7, 11) is 0. The lowest BCUT2D eigenvalue weighted by atomic mass is 10.2. The molecular formula is C8H10ClNOS. The summed E-state index contributed by atoms with van der Waals surface area (Å²) in [4.78, 5) is 1.13. The number of ether oxygens (including phenoxy) is 1. The molecule has 0 saturated carbocycles. The molecule has 1 aromatic rings. The van der Waals surface area contributed by atoms with Crippen LogP contribution >= 0.6 is 22.9 Å². The number of hydrogen-bond acceptors (Lipinski definition) is 3. The molecule has 2 nitrogen and oxygen atoms in total. The van der Waals surface area contributed by atoms with Crippen LogP contribution in [0.3, 0.4) is 0 Å². The molecule has 1 saturated heterocycles. The normalized spacial score (nSPS) is 17.8. The molecule has 2 heterocycles. The number of hydrogen-bond donors (Lipinski definition) is 1. The summed E-state index contributed by atoms with van der Waals surface area (Å²) in [6, 6.07) is 1.91. The van der Waals surface area contributed by atoms with Crippen LogP contribution < -0.4 is 5.32 Å². The molecule has 0 aromatic carbocycles. The smallest absolute Gasteiger partial charge is 0.0829 e. The van der Waals surface area contributed by atoms with Gasteiger partial charge >= 0.3 is 0 Å². The van der Waals surface area contributed by atoms with Gasteiger partial charge in [-0.2, -0.15) is 0 Å². The monoisotopic (exact) mass is 203 g/mol. The number of rotatable bonds is 3. The van der Waals surface area contributed by atoms with Crippen LogP contribution in [0, 0.1) is 0 Å². The quantitative estimate of drug-likeness (QED) is 0.810. The van der Waals surface area contributed by atoms with E-state index >= 15 is 0 Å². The zero-order valence-corrected chi connectivity index (χ0v) is 8.12. The van der Waals surface area contributed by atoms with Crippen molar-refractivity contribution in [2.24, 2.45) is 0 Å². The van der Waals surface area contributed by atoms with Gasteiger partial charge in [0.05, 0.1) is 17.7 Å². The molecule has 12 heavy (non-hydrogen) atoms. The van der Waals surface area contributed by atoms with Gasteiger partial charge in [0.25, 0.3) is 0 Å². The van der Waals surface area contributed by atoms with Crippen molar-refractivity contribution in [2.75, 3.05) is 13.1 Å². The maximum absolute atomic E-state index is 5.90. The van der Waals surface area contributed by atoms with Crippen molar-refractivity contribution >= 4 is 22.9 Å². The van der Waals surface area contributed by atoms with Gasteiger partial charge in [-0.05, 0) is 11.4 Å². The molecule has 4 heteroatoms. The minimum absolute atomic E-state index is 0.392. The van der Waals surface area contributed by atoms with Crippen LogP contribution in [0.4, 0.5) is 0 Å². The van der Waals surface area contributed by atoms with E-state index in [1.54, 1.807) is 11.3 Å². The molecule has 1 aromatic heterocycles. The second-order valence-electron chi connectivity index (χ2n) is 2.78. The second kappa shape index (κ2) is 3.75. The zero-order valence-electron chi connectivity index (χ0n) is 6.55. The second-order valence-corrected chi connectivity index (χ2v) is 4.19. The highest BCUT2D eigenvalue weighted by Gasteiger charge is 2.17. The Morgan fingerprint density at radius 3 is 3.00 bits per heavy atom. The average Bonchev–Trinajstić information content (AvgIpc) is 2.33. The number of thiophene rings is 1. The molecule has 66 valence electrons. The van der Waals surface area contributed by atoms with E-state index < -0.39 is 0 Å². The van der Waals surface area contributed by atoms with Crippen LogP contribution in [-0.4, -0.2) is 19.2 Å². The largest absolute Gasteiger partial charge is 0.370 e. The average molecular weight is 204 g/mol. The topological polar surface area (TPSA) is 21.3 Å². The molecule has 2 rings (SSSR count). The molecule has 0 amide bonds. The Morgan fingerprint density at radius 1 is 1.67 bits per heavy atom. The van der Waals surface area contributed by atoms with E-state index in [9.17, 15) is 0 Å². The Hall–Kier alpha value is -0.0900. The van der Waals surface area contributed by atoms with E-state index in [4.69, 9.17) is 16.3 Å². The van der Waals surface area contributed by atoms with Gasteiger partial charge in [0.2, 0.25) is 0 Å². The van der Waals surface area contributed by atoms with E-state index in [2.05, 4.69) is 5.32 Å². The maximum Gasteiger partial charge on any atom is 0.0829 e. The third kappa shape index (κ3) is 1.80.